The summed E-state index contributed by atoms with van der Waals surface area (Å²) >= 11 is 13.0. The molecule has 2 N–H and O–H groups in total. The number of carbonyl (C=O) groups excluding carboxylic acids is 1. The second-order valence-electron chi connectivity index (χ2n) is 5.93. The van der Waals surface area contributed by atoms with Crippen molar-refractivity contribution in [2.24, 2.45) is 0 Å². The summed E-state index contributed by atoms with van der Waals surface area (Å²) in [6.45, 7) is 0. The Bertz CT molecular complexity index is 1090. The van der Waals surface area contributed by atoms with Crippen LogP contribution in [0.5, 0.6) is 0 Å². The van der Waals surface area contributed by atoms with Crippen molar-refractivity contribution in [3.8, 4) is 0 Å². The molecule has 29 heavy (non-hydrogen) atoms. The lowest BCUT2D eigenvalue weighted by molar-refractivity contribution is -0.113. The van der Waals surface area contributed by atoms with E-state index < -0.39 is 10.0 Å². The van der Waals surface area contributed by atoms with Gasteiger partial charge in [-0.25, -0.2) is 8.42 Å². The lowest BCUT2D eigenvalue weighted by Crippen LogP contribution is -2.15. The maximum Gasteiger partial charge on any atom is 0.261 e. The van der Waals surface area contributed by atoms with Crippen LogP contribution >= 0.6 is 35.0 Å². The van der Waals surface area contributed by atoms with Gasteiger partial charge in [-0.15, -0.1) is 11.8 Å². The highest BCUT2D eigenvalue weighted by Crippen LogP contribution is 2.22. The van der Waals surface area contributed by atoms with E-state index in [-0.39, 0.29) is 16.6 Å². The van der Waals surface area contributed by atoms with E-state index >= 15 is 0 Å². The fourth-order valence-corrected chi connectivity index (χ4v) is 4.34. The molecule has 0 atom stereocenters. The molecule has 0 fully saturated rings. The molecule has 0 aliphatic heterocycles. The van der Waals surface area contributed by atoms with Gasteiger partial charge < -0.3 is 5.32 Å². The van der Waals surface area contributed by atoms with Crippen LogP contribution in [0, 0.1) is 0 Å². The highest BCUT2D eigenvalue weighted by molar-refractivity contribution is 8.00. The van der Waals surface area contributed by atoms with Gasteiger partial charge in [0.25, 0.3) is 10.0 Å². The summed E-state index contributed by atoms with van der Waals surface area (Å²) in [5, 5.41) is 3.90. The molecular formula is C20H16Cl2N2O3S2. The van der Waals surface area contributed by atoms with E-state index in [1.165, 1.54) is 23.9 Å². The first kappa shape index (κ1) is 21.5. The average molecular weight is 467 g/mol. The summed E-state index contributed by atoms with van der Waals surface area (Å²) in [6, 6.07) is 19.5. The van der Waals surface area contributed by atoms with Crippen molar-refractivity contribution >= 4 is 62.3 Å². The number of rotatable bonds is 7. The number of thioether (sulfide) groups is 1. The summed E-state index contributed by atoms with van der Waals surface area (Å²) in [4.78, 5) is 13.1. The van der Waals surface area contributed by atoms with Crippen LogP contribution in [0.25, 0.3) is 0 Å². The van der Waals surface area contributed by atoms with Crippen molar-refractivity contribution in [2.75, 3.05) is 15.8 Å². The molecule has 0 bridgehead atoms. The van der Waals surface area contributed by atoms with Crippen LogP contribution in [0.3, 0.4) is 0 Å². The monoisotopic (exact) mass is 466 g/mol. The molecule has 0 saturated carbocycles. The van der Waals surface area contributed by atoms with Gasteiger partial charge in [-0.3, -0.25) is 9.52 Å². The lowest BCUT2D eigenvalue weighted by atomic mass is 10.3. The Labute approximate surface area is 183 Å². The van der Waals surface area contributed by atoms with E-state index in [2.05, 4.69) is 10.0 Å². The predicted octanol–water partition coefficient (Wildman–Crippen LogP) is 5.53. The topological polar surface area (TPSA) is 75.3 Å². The number of nitrogens with one attached hydrogen (secondary N) is 2. The van der Waals surface area contributed by atoms with Gasteiger partial charge >= 0.3 is 0 Å². The fraction of sp³-hybridized carbons (Fsp3) is 0.0500. The van der Waals surface area contributed by atoms with Crippen LogP contribution in [0.15, 0.2) is 82.6 Å². The fourth-order valence-electron chi connectivity index (χ4n) is 2.33. The van der Waals surface area contributed by atoms with Crippen molar-refractivity contribution in [3.63, 3.8) is 0 Å². The van der Waals surface area contributed by atoms with E-state index in [1.807, 2.05) is 12.1 Å². The third kappa shape index (κ3) is 6.40. The number of benzene rings is 3. The predicted molar refractivity (Wildman–Crippen MR) is 120 cm³/mol. The number of sulfonamides is 1. The van der Waals surface area contributed by atoms with E-state index in [1.54, 1.807) is 48.5 Å². The molecule has 5 nitrogen and oxygen atoms in total. The second kappa shape index (κ2) is 9.54. The zero-order valence-electron chi connectivity index (χ0n) is 14.9. The molecule has 0 unspecified atom stereocenters. The molecule has 0 aliphatic rings. The summed E-state index contributed by atoms with van der Waals surface area (Å²) in [5.74, 6) is 0.0274. The highest BCUT2D eigenvalue weighted by Gasteiger charge is 2.14. The first-order chi connectivity index (χ1) is 13.8. The highest BCUT2D eigenvalue weighted by atomic mass is 35.5. The Morgan fingerprint density at radius 2 is 1.31 bits per heavy atom. The molecule has 3 aromatic carbocycles. The Morgan fingerprint density at radius 1 is 0.793 bits per heavy atom. The lowest BCUT2D eigenvalue weighted by Gasteiger charge is -2.10. The number of halogens is 2. The van der Waals surface area contributed by atoms with Gasteiger partial charge in [-0.2, -0.15) is 0 Å². The minimum Gasteiger partial charge on any atom is -0.325 e. The van der Waals surface area contributed by atoms with Crippen LogP contribution in [-0.4, -0.2) is 20.1 Å². The standard InChI is InChI=1S/C20H16Cl2N2O3S2/c21-14-1-5-17(6-2-14)24-29(26,27)19-11-7-16(8-12-19)23-20(25)13-28-18-9-3-15(22)4-10-18/h1-12,24H,13H2,(H,23,25). The van der Waals surface area contributed by atoms with Crippen LogP contribution in [0.1, 0.15) is 0 Å². The maximum absolute atomic E-state index is 12.5. The molecule has 0 radical (unpaired) electrons. The van der Waals surface area contributed by atoms with E-state index in [0.717, 1.165) is 4.90 Å². The smallest absolute Gasteiger partial charge is 0.261 e. The second-order valence-corrected chi connectivity index (χ2v) is 9.53. The summed E-state index contributed by atoms with van der Waals surface area (Å²) in [5.41, 5.74) is 0.920. The minimum absolute atomic E-state index is 0.0842. The number of carbonyl (C=O) groups is 1. The zero-order chi connectivity index (χ0) is 20.9. The average Bonchev–Trinajstić information content (AvgIpc) is 2.70. The summed E-state index contributed by atoms with van der Waals surface area (Å²) in [6.07, 6.45) is 0. The molecule has 0 heterocycles. The van der Waals surface area contributed by atoms with Gasteiger partial charge in [-0.1, -0.05) is 23.2 Å². The van der Waals surface area contributed by atoms with Crippen LogP contribution in [0.2, 0.25) is 10.0 Å². The third-order valence-electron chi connectivity index (χ3n) is 3.73. The van der Waals surface area contributed by atoms with Crippen molar-refractivity contribution in [1.82, 2.24) is 0 Å². The third-order valence-corrected chi connectivity index (χ3v) is 6.64. The van der Waals surface area contributed by atoms with Gasteiger partial charge in [0.05, 0.1) is 10.6 Å². The van der Waals surface area contributed by atoms with Gasteiger partial charge in [0.15, 0.2) is 0 Å². The normalized spacial score (nSPS) is 11.1. The number of anilines is 2. The SMILES string of the molecule is O=C(CSc1ccc(Cl)cc1)Nc1ccc(S(=O)(=O)Nc2ccc(Cl)cc2)cc1. The van der Waals surface area contributed by atoms with Crippen molar-refractivity contribution in [2.45, 2.75) is 9.79 Å². The quantitative estimate of drug-likeness (QED) is 0.449. The molecule has 0 aliphatic carbocycles. The minimum atomic E-state index is -3.74. The first-order valence-corrected chi connectivity index (χ1v) is 11.6. The largest absolute Gasteiger partial charge is 0.325 e. The summed E-state index contributed by atoms with van der Waals surface area (Å²) in [7, 11) is -3.74. The Kier molecular flexibility index (Phi) is 7.08. The van der Waals surface area contributed by atoms with E-state index in [4.69, 9.17) is 23.2 Å². The first-order valence-electron chi connectivity index (χ1n) is 8.38. The van der Waals surface area contributed by atoms with Crippen LogP contribution < -0.4 is 10.0 Å². The van der Waals surface area contributed by atoms with Crippen molar-refractivity contribution < 1.29 is 13.2 Å². The molecule has 0 spiro atoms. The maximum atomic E-state index is 12.5. The molecule has 3 rings (SSSR count). The van der Waals surface area contributed by atoms with Crippen LogP contribution in [0.4, 0.5) is 11.4 Å². The molecule has 9 heteroatoms. The Hall–Kier alpha value is -2.19. The van der Waals surface area contributed by atoms with Gasteiger partial charge in [-0.05, 0) is 72.8 Å². The van der Waals surface area contributed by atoms with E-state index in [0.29, 0.717) is 21.4 Å². The molecule has 150 valence electrons. The molecule has 0 saturated heterocycles. The molecule has 1 amide bonds. The molecule has 0 aromatic heterocycles. The van der Waals surface area contributed by atoms with Crippen molar-refractivity contribution in [1.29, 1.82) is 0 Å². The van der Waals surface area contributed by atoms with Crippen LogP contribution in [-0.2, 0) is 14.8 Å². The molecular weight excluding hydrogens is 451 g/mol. The number of amides is 1. The van der Waals surface area contributed by atoms with Crippen molar-refractivity contribution in [3.05, 3.63) is 82.8 Å². The summed E-state index contributed by atoms with van der Waals surface area (Å²) < 4.78 is 27.4. The van der Waals surface area contributed by atoms with Gasteiger partial charge in [0, 0.05) is 26.3 Å². The zero-order valence-corrected chi connectivity index (χ0v) is 18.1. The Morgan fingerprint density at radius 3 is 1.90 bits per heavy atom. The van der Waals surface area contributed by atoms with Gasteiger partial charge in [0.1, 0.15) is 0 Å². The number of hydrogen-bond acceptors (Lipinski definition) is 4. The molecule has 3 aromatic rings. The van der Waals surface area contributed by atoms with Gasteiger partial charge in [0.2, 0.25) is 5.91 Å². The Balaban J connectivity index is 1.58. The number of hydrogen-bond donors (Lipinski definition) is 2. The van der Waals surface area contributed by atoms with E-state index in [9.17, 15) is 13.2 Å².